The van der Waals surface area contributed by atoms with Crippen LogP contribution in [0.4, 0.5) is 40.6 Å². The van der Waals surface area contributed by atoms with Gasteiger partial charge in [-0.1, -0.05) is 26.7 Å². The molecule has 0 spiro atoms. The van der Waals surface area contributed by atoms with E-state index in [-0.39, 0.29) is 63.6 Å². The summed E-state index contributed by atoms with van der Waals surface area (Å²) in [5.41, 5.74) is 15.0. The first-order chi connectivity index (χ1) is 25.1. The molecule has 0 aromatic carbocycles. The molecule has 52 heavy (non-hydrogen) atoms. The lowest BCUT2D eigenvalue weighted by Gasteiger charge is -2.08. The molecule has 22 nitrogen and oxygen atoms in total. The zero-order chi connectivity index (χ0) is 37.5. The first kappa shape index (κ1) is 36.8. The number of nitrogens with one attached hydrogen (secondary N) is 1. The van der Waals surface area contributed by atoms with Crippen LogP contribution in [-0.4, -0.2) is 91.7 Å². The molecule has 0 saturated heterocycles. The van der Waals surface area contributed by atoms with Gasteiger partial charge in [0.05, 0.1) is 36.5 Å². The Morgan fingerprint density at radius 2 is 1.29 bits per heavy atom. The molecule has 0 radical (unpaired) electrons. The van der Waals surface area contributed by atoms with Crippen LogP contribution >= 0.6 is 0 Å². The van der Waals surface area contributed by atoms with E-state index in [4.69, 9.17) is 26.4 Å². The van der Waals surface area contributed by atoms with Gasteiger partial charge in [0.1, 0.15) is 12.2 Å². The van der Waals surface area contributed by atoms with Crippen molar-refractivity contribution in [2.75, 3.05) is 37.5 Å². The number of carbonyl (C=O) groups excluding carboxylic acids is 2. The van der Waals surface area contributed by atoms with E-state index in [1.54, 1.807) is 21.1 Å². The number of azo groups is 2. The molecule has 0 amide bonds. The first-order valence-corrected chi connectivity index (χ1v) is 16.4. The minimum absolute atomic E-state index is 0.0218. The van der Waals surface area contributed by atoms with Crippen molar-refractivity contribution >= 4 is 52.3 Å². The monoisotopic (exact) mass is 716 g/mol. The summed E-state index contributed by atoms with van der Waals surface area (Å²) in [6, 6.07) is 0. The zero-order valence-corrected chi connectivity index (χ0v) is 29.6. The van der Waals surface area contributed by atoms with E-state index in [1.807, 2.05) is 13.8 Å². The molecule has 0 aliphatic rings. The van der Waals surface area contributed by atoms with Crippen LogP contribution in [0.15, 0.2) is 32.9 Å². The number of nitrogens with two attached hydrogens (primary N) is 2. The number of aromatic nitrogens is 11. The molecule has 0 aliphatic heterocycles. The molecule has 22 heteroatoms. The number of esters is 1. The van der Waals surface area contributed by atoms with Crippen molar-refractivity contribution < 1.29 is 19.4 Å². The van der Waals surface area contributed by atoms with Gasteiger partial charge in [0.15, 0.2) is 40.4 Å². The number of aryl methyl sites for hydroxylation is 4. The van der Waals surface area contributed by atoms with Gasteiger partial charge in [-0.3, -0.25) is 4.79 Å². The summed E-state index contributed by atoms with van der Waals surface area (Å²) in [5.74, 6) is -0.529. The minimum atomic E-state index is -0.711. The highest BCUT2D eigenvalue weighted by molar-refractivity contribution is 6.00. The van der Waals surface area contributed by atoms with Crippen LogP contribution in [0.5, 0.6) is 0 Å². The van der Waals surface area contributed by atoms with Crippen molar-refractivity contribution in [1.82, 2.24) is 54.1 Å². The molecular formula is C30H40N18O4. The highest BCUT2D eigenvalue weighted by atomic mass is 16.5. The van der Waals surface area contributed by atoms with Gasteiger partial charge in [0, 0.05) is 21.1 Å². The average Bonchev–Trinajstić information content (AvgIpc) is 3.89. The predicted octanol–water partition coefficient (Wildman–Crippen LogP) is 3.39. The maximum atomic E-state index is 12.3. The van der Waals surface area contributed by atoms with Crippen molar-refractivity contribution in [3.05, 3.63) is 34.9 Å². The molecule has 274 valence electrons. The molecule has 0 atom stereocenters. The first-order valence-electron chi connectivity index (χ1n) is 16.4. The second-order valence-corrected chi connectivity index (χ2v) is 11.4. The van der Waals surface area contributed by atoms with Crippen molar-refractivity contribution in [3.63, 3.8) is 0 Å². The molecule has 6 N–H and O–H groups in total. The number of nitrogen functional groups attached to an aromatic ring is 2. The number of aliphatic hydroxyl groups excluding tert-OH is 1. The summed E-state index contributed by atoms with van der Waals surface area (Å²) in [4.78, 5) is 38.2. The van der Waals surface area contributed by atoms with Crippen LogP contribution in [0.3, 0.4) is 0 Å². The van der Waals surface area contributed by atoms with Gasteiger partial charge in [-0.2, -0.15) is 44.7 Å². The summed E-state index contributed by atoms with van der Waals surface area (Å²) in [5, 5.41) is 47.2. The van der Waals surface area contributed by atoms with Gasteiger partial charge >= 0.3 is 5.97 Å². The van der Waals surface area contributed by atoms with E-state index in [0.717, 1.165) is 25.7 Å². The third kappa shape index (κ3) is 7.35. The summed E-state index contributed by atoms with van der Waals surface area (Å²) >= 11 is 0. The maximum absolute atomic E-state index is 12.3. The quantitative estimate of drug-likeness (QED) is 0.0647. The Hall–Kier alpha value is -6.45. The highest BCUT2D eigenvalue weighted by Gasteiger charge is 2.24. The number of Topliss-reactive ketones (excluding diaryl/α,β-unsaturated/α-hetero) is 1. The molecule has 5 heterocycles. The van der Waals surface area contributed by atoms with E-state index in [0.29, 0.717) is 24.2 Å². The topological polar surface area (TPSA) is 287 Å². The maximum Gasteiger partial charge on any atom is 0.343 e. The fraction of sp³-hybridized carbons (Fsp3) is 0.433. The molecule has 0 fully saturated rings. The molecule has 5 aromatic heterocycles. The summed E-state index contributed by atoms with van der Waals surface area (Å²) in [6.07, 6.45) is 6.94. The number of hydrogen-bond acceptors (Lipinski definition) is 18. The fourth-order valence-electron chi connectivity index (χ4n) is 4.97. The number of ether oxygens (including phenoxy) is 1. The number of hydrogen-bond donors (Lipinski definition) is 4. The lowest BCUT2D eigenvalue weighted by atomic mass is 10.2. The van der Waals surface area contributed by atoms with Crippen molar-refractivity contribution in [1.29, 1.82) is 0 Å². The minimum Gasteiger partial charge on any atom is -0.465 e. The molecule has 0 bridgehead atoms. The van der Waals surface area contributed by atoms with E-state index in [1.165, 1.54) is 38.2 Å². The molecule has 5 rings (SSSR count). The van der Waals surface area contributed by atoms with E-state index < -0.39 is 18.4 Å². The summed E-state index contributed by atoms with van der Waals surface area (Å²) < 4.78 is 10.2. The average molecular weight is 717 g/mol. The van der Waals surface area contributed by atoms with Crippen molar-refractivity contribution in [2.24, 2.45) is 34.6 Å². The summed E-state index contributed by atoms with van der Waals surface area (Å²) in [7, 11) is 6.11. The Bertz CT molecular complexity index is 1990. The Kier molecular flexibility index (Phi) is 11.4. The van der Waals surface area contributed by atoms with Gasteiger partial charge < -0.3 is 26.6 Å². The largest absolute Gasteiger partial charge is 0.465 e. The van der Waals surface area contributed by atoms with E-state index in [2.05, 4.69) is 50.9 Å². The van der Waals surface area contributed by atoms with Crippen LogP contribution in [0, 0.1) is 0 Å². The summed E-state index contributed by atoms with van der Waals surface area (Å²) in [6.45, 7) is 3.36. The van der Waals surface area contributed by atoms with Gasteiger partial charge in [-0.05, 0) is 25.7 Å². The van der Waals surface area contributed by atoms with Crippen LogP contribution in [0.25, 0.3) is 11.9 Å². The molecule has 0 unspecified atom stereocenters. The number of ketones is 1. The smallest absolute Gasteiger partial charge is 0.343 e. The van der Waals surface area contributed by atoms with Crippen LogP contribution in [0.2, 0.25) is 0 Å². The standard InChI is InChI=1S/C30H40N18O4/c1-7-9-11-18-21(39-41-25-16(20(50)15-49)13-34-45(25)4)23(31)47(43-18)29-36-28(33-3)37-30(38-29)48-24(32)22(19(44-48)12-10-8-2)40-42-26-17(27(51)52-6)14-35-46(26)5/h13-14,49H,7-12,15,31-32H2,1-6H3,(H,33,36,37,38). The lowest BCUT2D eigenvalue weighted by Crippen LogP contribution is -2.15. The second kappa shape index (κ2) is 16.1. The van der Waals surface area contributed by atoms with E-state index >= 15 is 0 Å². The fourth-order valence-corrected chi connectivity index (χ4v) is 4.97. The normalized spacial score (nSPS) is 11.7. The molecule has 0 aliphatic carbocycles. The van der Waals surface area contributed by atoms with Gasteiger partial charge in [-0.25, -0.2) is 14.2 Å². The number of anilines is 3. The third-order valence-electron chi connectivity index (χ3n) is 7.83. The Morgan fingerprint density at radius 3 is 1.73 bits per heavy atom. The van der Waals surface area contributed by atoms with Gasteiger partial charge in [0.25, 0.3) is 11.9 Å². The van der Waals surface area contributed by atoms with Gasteiger partial charge in [0.2, 0.25) is 5.95 Å². The van der Waals surface area contributed by atoms with Crippen molar-refractivity contribution in [2.45, 2.75) is 52.4 Å². The number of aliphatic hydroxyl groups is 1. The number of unbranched alkanes of at least 4 members (excludes halogenated alkanes) is 2. The number of carbonyl (C=O) groups is 2. The SMILES string of the molecule is CCCCc1nn(-c2nc(NC)nc(-n3nc(CCCC)c(N=Nc4c(C(=O)OC)cnn4C)c3N)n2)c(N)c1N=Nc1c(C(=O)CO)cnn1C. The Morgan fingerprint density at radius 1 is 0.808 bits per heavy atom. The number of rotatable bonds is 16. The second-order valence-electron chi connectivity index (χ2n) is 11.4. The molecule has 5 aromatic rings. The van der Waals surface area contributed by atoms with Crippen molar-refractivity contribution in [3.8, 4) is 11.9 Å². The lowest BCUT2D eigenvalue weighted by molar-refractivity contribution is 0.0601. The van der Waals surface area contributed by atoms with Crippen LogP contribution < -0.4 is 16.8 Å². The Labute approximate surface area is 297 Å². The predicted molar refractivity (Wildman–Crippen MR) is 187 cm³/mol. The third-order valence-corrected chi connectivity index (χ3v) is 7.83. The van der Waals surface area contributed by atoms with Gasteiger partial charge in [-0.15, -0.1) is 20.5 Å². The highest BCUT2D eigenvalue weighted by Crippen LogP contribution is 2.34. The number of methoxy groups -OCH3 is 1. The molecular weight excluding hydrogens is 676 g/mol. The Balaban J connectivity index is 1.61. The van der Waals surface area contributed by atoms with Crippen LogP contribution in [-0.2, 0) is 31.7 Å². The van der Waals surface area contributed by atoms with Crippen LogP contribution in [0.1, 0.15) is 71.6 Å². The number of nitrogens with zero attached hydrogens (tertiary/aromatic N) is 15. The molecule has 0 saturated carbocycles. The zero-order valence-electron chi connectivity index (χ0n) is 29.6. The van der Waals surface area contributed by atoms with E-state index in [9.17, 15) is 14.7 Å².